The van der Waals surface area contributed by atoms with Crippen LogP contribution in [0.4, 0.5) is 0 Å². The molecule has 0 saturated carbocycles. The third kappa shape index (κ3) is 8.99. The standard InChI is InChI=1S/C11H18O2.C2H2/c1-4-7-11(12)10(5-2)8-6-9-13-3;1-2/h5-6,8H,4,7,9H2,1-3H3;1-2H/b8-6-,10-5+;. The Morgan fingerprint density at radius 1 is 1.40 bits per heavy atom. The van der Waals surface area contributed by atoms with E-state index in [1.165, 1.54) is 0 Å². The van der Waals surface area contributed by atoms with Gasteiger partial charge in [-0.15, -0.1) is 12.8 Å². The van der Waals surface area contributed by atoms with Crippen molar-refractivity contribution in [3.05, 3.63) is 23.8 Å². The number of hydrogen-bond donors (Lipinski definition) is 0. The lowest BCUT2D eigenvalue weighted by molar-refractivity contribution is -0.115. The summed E-state index contributed by atoms with van der Waals surface area (Å²) in [6, 6.07) is 0. The van der Waals surface area contributed by atoms with Crippen LogP contribution in [-0.4, -0.2) is 19.5 Å². The largest absolute Gasteiger partial charge is 0.381 e. The fraction of sp³-hybridized carbons (Fsp3) is 0.462. The van der Waals surface area contributed by atoms with Gasteiger partial charge in [-0.1, -0.05) is 25.2 Å². The minimum absolute atomic E-state index is 0.206. The lowest BCUT2D eigenvalue weighted by atomic mass is 10.1. The maximum atomic E-state index is 11.4. The van der Waals surface area contributed by atoms with Crippen LogP contribution in [0.1, 0.15) is 26.7 Å². The zero-order valence-corrected chi connectivity index (χ0v) is 9.82. The van der Waals surface area contributed by atoms with E-state index in [-0.39, 0.29) is 5.78 Å². The first-order chi connectivity index (χ1) is 7.26. The van der Waals surface area contributed by atoms with Crippen molar-refractivity contribution < 1.29 is 9.53 Å². The van der Waals surface area contributed by atoms with E-state index in [9.17, 15) is 4.79 Å². The number of carbonyl (C=O) groups excluding carboxylic acids is 1. The molecule has 15 heavy (non-hydrogen) atoms. The number of ether oxygens (including phenoxy) is 1. The summed E-state index contributed by atoms with van der Waals surface area (Å²) in [6.45, 7) is 4.43. The lowest BCUT2D eigenvalue weighted by Gasteiger charge is -1.98. The Morgan fingerprint density at radius 3 is 2.40 bits per heavy atom. The molecule has 0 aromatic heterocycles. The van der Waals surface area contributed by atoms with Crippen LogP contribution in [0, 0.1) is 12.8 Å². The van der Waals surface area contributed by atoms with E-state index in [4.69, 9.17) is 4.74 Å². The summed E-state index contributed by atoms with van der Waals surface area (Å²) in [4.78, 5) is 11.4. The van der Waals surface area contributed by atoms with Crippen LogP contribution in [0.2, 0.25) is 0 Å². The van der Waals surface area contributed by atoms with Gasteiger partial charge in [0.1, 0.15) is 0 Å². The second-order valence-electron chi connectivity index (χ2n) is 2.77. The molecule has 0 aliphatic heterocycles. The molecule has 2 heteroatoms. The van der Waals surface area contributed by atoms with Crippen molar-refractivity contribution in [1.82, 2.24) is 0 Å². The zero-order valence-electron chi connectivity index (χ0n) is 9.82. The Balaban J connectivity index is 0. The molecule has 0 saturated heterocycles. The van der Waals surface area contributed by atoms with Crippen LogP contribution in [0.5, 0.6) is 0 Å². The van der Waals surface area contributed by atoms with E-state index < -0.39 is 0 Å². The number of ketones is 1. The molecule has 0 aliphatic carbocycles. The first-order valence-electron chi connectivity index (χ1n) is 4.94. The summed E-state index contributed by atoms with van der Waals surface area (Å²) >= 11 is 0. The molecule has 0 bridgehead atoms. The van der Waals surface area contributed by atoms with E-state index in [1.807, 2.05) is 32.1 Å². The van der Waals surface area contributed by atoms with E-state index in [1.54, 1.807) is 7.11 Å². The highest BCUT2D eigenvalue weighted by molar-refractivity contribution is 5.97. The van der Waals surface area contributed by atoms with Crippen molar-refractivity contribution in [2.45, 2.75) is 26.7 Å². The molecule has 0 aromatic carbocycles. The summed E-state index contributed by atoms with van der Waals surface area (Å²) in [5.41, 5.74) is 0.777. The molecule has 0 N–H and O–H groups in total. The van der Waals surface area contributed by atoms with Crippen molar-refractivity contribution in [3.63, 3.8) is 0 Å². The van der Waals surface area contributed by atoms with Gasteiger partial charge in [0.15, 0.2) is 5.78 Å². The van der Waals surface area contributed by atoms with Gasteiger partial charge < -0.3 is 4.74 Å². The zero-order chi connectivity index (χ0) is 12.1. The van der Waals surface area contributed by atoms with Gasteiger partial charge >= 0.3 is 0 Å². The van der Waals surface area contributed by atoms with Gasteiger partial charge in [-0.05, 0) is 13.3 Å². The highest BCUT2D eigenvalue weighted by atomic mass is 16.5. The van der Waals surface area contributed by atoms with Gasteiger partial charge in [0.25, 0.3) is 0 Å². The Hall–Kier alpha value is -1.33. The average molecular weight is 208 g/mol. The minimum atomic E-state index is 0.206. The fourth-order valence-electron chi connectivity index (χ4n) is 0.993. The third-order valence-corrected chi connectivity index (χ3v) is 1.67. The van der Waals surface area contributed by atoms with Gasteiger partial charge in [0.05, 0.1) is 6.61 Å². The third-order valence-electron chi connectivity index (χ3n) is 1.67. The van der Waals surface area contributed by atoms with Gasteiger partial charge in [-0.2, -0.15) is 0 Å². The molecule has 0 radical (unpaired) electrons. The van der Waals surface area contributed by atoms with Crippen molar-refractivity contribution in [2.24, 2.45) is 0 Å². The van der Waals surface area contributed by atoms with E-state index in [0.29, 0.717) is 13.0 Å². The second kappa shape index (κ2) is 12.7. The molecule has 2 nitrogen and oxygen atoms in total. The Morgan fingerprint density at radius 2 is 2.00 bits per heavy atom. The highest BCUT2D eigenvalue weighted by Crippen LogP contribution is 2.04. The van der Waals surface area contributed by atoms with Crippen LogP contribution in [0.25, 0.3) is 0 Å². The number of terminal acetylenes is 1. The summed E-state index contributed by atoms with van der Waals surface area (Å²) < 4.78 is 4.85. The van der Waals surface area contributed by atoms with Crippen LogP contribution in [-0.2, 0) is 9.53 Å². The number of allylic oxidation sites excluding steroid dienone is 3. The average Bonchev–Trinajstić information content (AvgIpc) is 2.27. The quantitative estimate of drug-likeness (QED) is 0.381. The van der Waals surface area contributed by atoms with Crippen molar-refractivity contribution in [3.8, 4) is 12.8 Å². The smallest absolute Gasteiger partial charge is 0.162 e. The summed E-state index contributed by atoms with van der Waals surface area (Å²) in [7, 11) is 1.63. The van der Waals surface area contributed by atoms with E-state index in [0.717, 1.165) is 12.0 Å². The Bertz CT molecular complexity index is 234. The van der Waals surface area contributed by atoms with Crippen molar-refractivity contribution >= 4 is 5.78 Å². The molecule has 0 amide bonds. The van der Waals surface area contributed by atoms with Crippen LogP contribution in [0.15, 0.2) is 23.8 Å². The van der Waals surface area contributed by atoms with Crippen LogP contribution < -0.4 is 0 Å². The molecule has 0 heterocycles. The molecule has 84 valence electrons. The molecule has 0 rings (SSSR count). The minimum Gasteiger partial charge on any atom is -0.381 e. The van der Waals surface area contributed by atoms with E-state index in [2.05, 4.69) is 12.8 Å². The molecule has 0 spiro atoms. The molecular weight excluding hydrogens is 188 g/mol. The molecule has 0 unspecified atom stereocenters. The molecule has 0 atom stereocenters. The lowest BCUT2D eigenvalue weighted by Crippen LogP contribution is -1.99. The predicted molar refractivity (Wildman–Crippen MR) is 64.6 cm³/mol. The van der Waals surface area contributed by atoms with Crippen LogP contribution in [0.3, 0.4) is 0 Å². The van der Waals surface area contributed by atoms with Gasteiger partial charge in [0.2, 0.25) is 0 Å². The number of rotatable bonds is 6. The highest BCUT2D eigenvalue weighted by Gasteiger charge is 2.02. The Kier molecular flexibility index (Phi) is 13.6. The van der Waals surface area contributed by atoms with Crippen molar-refractivity contribution in [2.75, 3.05) is 13.7 Å². The number of carbonyl (C=O) groups is 1. The number of hydrogen-bond acceptors (Lipinski definition) is 2. The maximum Gasteiger partial charge on any atom is 0.162 e. The number of Topliss-reactive ketones (excluding diaryl/α,β-unsaturated/α-hetero) is 1. The fourth-order valence-corrected chi connectivity index (χ4v) is 0.993. The maximum absolute atomic E-state index is 11.4. The predicted octanol–water partition coefficient (Wildman–Crippen LogP) is 2.75. The monoisotopic (exact) mass is 208 g/mol. The second-order valence-corrected chi connectivity index (χ2v) is 2.77. The molecular formula is C13H20O2. The first-order valence-corrected chi connectivity index (χ1v) is 4.94. The molecule has 0 fully saturated rings. The topological polar surface area (TPSA) is 26.3 Å². The first kappa shape index (κ1) is 16.1. The summed E-state index contributed by atoms with van der Waals surface area (Å²) in [5, 5.41) is 0. The van der Waals surface area contributed by atoms with Crippen LogP contribution >= 0.6 is 0 Å². The number of methoxy groups -OCH3 is 1. The molecule has 0 aromatic rings. The SMILES string of the molecule is C#C.C/C=C(\C=C/COC)C(=O)CCC. The van der Waals surface area contributed by atoms with Crippen molar-refractivity contribution in [1.29, 1.82) is 0 Å². The van der Waals surface area contributed by atoms with Gasteiger partial charge in [-0.3, -0.25) is 4.79 Å². The Labute approximate surface area is 93.0 Å². The summed E-state index contributed by atoms with van der Waals surface area (Å²) in [6.07, 6.45) is 15.0. The molecule has 0 aliphatic rings. The normalized spacial score (nSPS) is 10.9. The summed E-state index contributed by atoms with van der Waals surface area (Å²) in [5.74, 6) is 0.206. The van der Waals surface area contributed by atoms with Gasteiger partial charge in [-0.25, -0.2) is 0 Å². The van der Waals surface area contributed by atoms with E-state index >= 15 is 0 Å². The van der Waals surface area contributed by atoms with Gasteiger partial charge in [0, 0.05) is 19.1 Å².